The van der Waals surface area contributed by atoms with Crippen LogP contribution in [0.1, 0.15) is 39.7 Å². The topological polar surface area (TPSA) is 71.1 Å². The van der Waals surface area contributed by atoms with Crippen LogP contribution in [0.15, 0.2) is 30.3 Å². The van der Waals surface area contributed by atoms with E-state index in [1.807, 2.05) is 44.2 Å². The van der Waals surface area contributed by atoms with Crippen LogP contribution in [0.5, 0.6) is 0 Å². The van der Waals surface area contributed by atoms with Gasteiger partial charge in [0.2, 0.25) is 0 Å². The van der Waals surface area contributed by atoms with Gasteiger partial charge in [-0.1, -0.05) is 44.2 Å². The van der Waals surface area contributed by atoms with Gasteiger partial charge in [-0.15, -0.1) is 0 Å². The van der Waals surface area contributed by atoms with Crippen LogP contribution in [0, 0.1) is 17.3 Å². The van der Waals surface area contributed by atoms with Gasteiger partial charge in [-0.05, 0) is 19.4 Å². The van der Waals surface area contributed by atoms with E-state index >= 15 is 0 Å². The van der Waals surface area contributed by atoms with Gasteiger partial charge in [-0.3, -0.25) is 9.59 Å². The number of ether oxygens (including phenoxy) is 4. The smallest absolute Gasteiger partial charge is 0.313 e. The molecule has 0 bridgehead atoms. The Labute approximate surface area is 167 Å². The van der Waals surface area contributed by atoms with E-state index in [-0.39, 0.29) is 36.3 Å². The first kappa shape index (κ1) is 22.4. The first-order valence-corrected chi connectivity index (χ1v) is 9.68. The summed E-state index contributed by atoms with van der Waals surface area (Å²) in [6.07, 6.45) is -0.925. The van der Waals surface area contributed by atoms with E-state index in [2.05, 4.69) is 0 Å². The summed E-state index contributed by atoms with van der Waals surface area (Å²) in [5, 5.41) is 0. The lowest BCUT2D eigenvalue weighted by Gasteiger charge is -2.48. The fraction of sp³-hybridized carbons (Fsp3) is 0.636. The molecule has 1 heterocycles. The highest BCUT2D eigenvalue weighted by atomic mass is 16.5. The van der Waals surface area contributed by atoms with E-state index in [1.54, 1.807) is 13.8 Å². The van der Waals surface area contributed by atoms with Gasteiger partial charge in [0.1, 0.15) is 0 Å². The maximum atomic E-state index is 12.4. The maximum Gasteiger partial charge on any atom is 0.313 e. The number of rotatable bonds is 7. The molecule has 28 heavy (non-hydrogen) atoms. The van der Waals surface area contributed by atoms with Crippen molar-refractivity contribution in [1.29, 1.82) is 0 Å². The Balaban J connectivity index is 2.26. The summed E-state index contributed by atoms with van der Waals surface area (Å²) < 4.78 is 22.4. The minimum atomic E-state index is -0.878. The first-order valence-electron chi connectivity index (χ1n) is 9.68. The second-order valence-corrected chi connectivity index (χ2v) is 8.07. The zero-order valence-electron chi connectivity index (χ0n) is 17.6. The molecule has 156 valence electrons. The molecule has 0 radical (unpaired) electrons. The summed E-state index contributed by atoms with van der Waals surface area (Å²) in [6, 6.07) is 9.93. The lowest BCUT2D eigenvalue weighted by Crippen LogP contribution is -2.57. The molecule has 6 nitrogen and oxygen atoms in total. The zero-order chi connectivity index (χ0) is 20.9. The van der Waals surface area contributed by atoms with Gasteiger partial charge in [0, 0.05) is 11.8 Å². The monoisotopic (exact) mass is 392 g/mol. The largest absolute Gasteiger partial charge is 0.469 e. The summed E-state index contributed by atoms with van der Waals surface area (Å²) in [7, 11) is 2.73. The molecule has 0 N–H and O–H groups in total. The van der Waals surface area contributed by atoms with E-state index in [4.69, 9.17) is 18.9 Å². The van der Waals surface area contributed by atoms with Crippen molar-refractivity contribution in [2.24, 2.45) is 17.3 Å². The Kier molecular flexibility index (Phi) is 7.61. The summed E-state index contributed by atoms with van der Waals surface area (Å²) in [6.45, 7) is 8.10. The molecule has 0 unspecified atom stereocenters. The second kappa shape index (κ2) is 9.52. The minimum absolute atomic E-state index is 0.0393. The molecular formula is C22H32O6. The van der Waals surface area contributed by atoms with Crippen molar-refractivity contribution in [2.45, 2.75) is 59.0 Å². The maximum absolute atomic E-state index is 12.4. The fourth-order valence-electron chi connectivity index (χ4n) is 4.06. The lowest BCUT2D eigenvalue weighted by atomic mass is 9.72. The van der Waals surface area contributed by atoms with Crippen molar-refractivity contribution >= 4 is 11.9 Å². The van der Waals surface area contributed by atoms with Gasteiger partial charge < -0.3 is 18.9 Å². The highest BCUT2D eigenvalue weighted by Crippen LogP contribution is 2.42. The molecule has 1 fully saturated rings. The van der Waals surface area contributed by atoms with Gasteiger partial charge in [-0.2, -0.15) is 0 Å². The van der Waals surface area contributed by atoms with Gasteiger partial charge in [0.25, 0.3) is 0 Å². The summed E-state index contributed by atoms with van der Waals surface area (Å²) in [5.41, 5.74) is 0.193. The van der Waals surface area contributed by atoms with Crippen LogP contribution in [-0.2, 0) is 35.1 Å². The minimum Gasteiger partial charge on any atom is -0.469 e. The van der Waals surface area contributed by atoms with Crippen LogP contribution in [0.4, 0.5) is 0 Å². The molecule has 2 rings (SSSR count). The van der Waals surface area contributed by atoms with Crippen molar-refractivity contribution in [3.8, 4) is 0 Å². The molecular weight excluding hydrogens is 360 g/mol. The average Bonchev–Trinajstić information content (AvgIpc) is 2.69. The third kappa shape index (κ3) is 4.92. The Morgan fingerprint density at radius 1 is 1.04 bits per heavy atom. The first-order chi connectivity index (χ1) is 13.2. The molecule has 6 heteroatoms. The van der Waals surface area contributed by atoms with Crippen molar-refractivity contribution in [3.63, 3.8) is 0 Å². The van der Waals surface area contributed by atoms with Crippen molar-refractivity contribution in [3.05, 3.63) is 35.9 Å². The number of benzene rings is 1. The van der Waals surface area contributed by atoms with Crippen LogP contribution in [0.2, 0.25) is 0 Å². The van der Waals surface area contributed by atoms with Crippen LogP contribution < -0.4 is 0 Å². The number of hydrogen-bond acceptors (Lipinski definition) is 6. The molecule has 0 saturated carbocycles. The van der Waals surface area contributed by atoms with Crippen molar-refractivity contribution in [2.75, 3.05) is 14.2 Å². The number of carbonyl (C=O) groups excluding carboxylic acids is 2. The molecule has 0 aromatic heterocycles. The molecule has 1 aromatic rings. The van der Waals surface area contributed by atoms with E-state index in [0.717, 1.165) is 5.56 Å². The zero-order valence-corrected chi connectivity index (χ0v) is 17.6. The number of methoxy groups -OCH3 is 2. The number of carbonyl (C=O) groups is 2. The normalized spacial score (nSPS) is 27.9. The molecule has 0 amide bonds. The molecule has 1 aliphatic heterocycles. The summed E-state index contributed by atoms with van der Waals surface area (Å²) in [4.78, 5) is 24.3. The number of hydrogen-bond donors (Lipinski definition) is 0. The third-order valence-corrected chi connectivity index (χ3v) is 5.73. The Morgan fingerprint density at radius 2 is 1.68 bits per heavy atom. The third-order valence-electron chi connectivity index (χ3n) is 5.73. The van der Waals surface area contributed by atoms with E-state index in [0.29, 0.717) is 6.61 Å². The molecule has 5 atom stereocenters. The van der Waals surface area contributed by atoms with E-state index in [9.17, 15) is 9.59 Å². The van der Waals surface area contributed by atoms with Crippen LogP contribution in [0.3, 0.4) is 0 Å². The summed E-state index contributed by atoms with van der Waals surface area (Å²) in [5.74, 6) is -0.801. The van der Waals surface area contributed by atoms with E-state index in [1.165, 1.54) is 14.2 Å². The van der Waals surface area contributed by atoms with E-state index < -0.39 is 17.6 Å². The van der Waals surface area contributed by atoms with Gasteiger partial charge in [0.15, 0.2) is 0 Å². The van der Waals surface area contributed by atoms with Gasteiger partial charge in [0.05, 0.1) is 51.0 Å². The molecule has 1 aromatic carbocycles. The SMILES string of the molecule is COC(=O)C[C@H]1O[C@H](C(C)(C)C(=O)OC)[C@@H](C)[C@@H](OCc2ccccc2)[C@@H]1C. The Morgan fingerprint density at radius 3 is 2.25 bits per heavy atom. The standard InChI is InChI=1S/C22H32O6/c1-14-17(12-18(23)25-5)28-20(22(3,4)21(24)26-6)15(2)19(14)27-13-16-10-8-7-9-11-16/h7-11,14-15,17,19-20H,12-13H2,1-6H3/t14-,15+,17-,19+,20+/m1/s1. The van der Waals surface area contributed by atoms with Crippen molar-refractivity contribution < 1.29 is 28.5 Å². The predicted octanol–water partition coefficient (Wildman–Crippen LogP) is 3.37. The van der Waals surface area contributed by atoms with Crippen LogP contribution in [0.25, 0.3) is 0 Å². The predicted molar refractivity (Wildman–Crippen MR) is 104 cm³/mol. The van der Waals surface area contributed by atoms with Gasteiger partial charge in [-0.25, -0.2) is 0 Å². The highest BCUT2D eigenvalue weighted by molar-refractivity contribution is 5.76. The molecule has 1 saturated heterocycles. The Hall–Kier alpha value is -1.92. The van der Waals surface area contributed by atoms with Crippen molar-refractivity contribution in [1.82, 2.24) is 0 Å². The highest BCUT2D eigenvalue weighted by Gasteiger charge is 2.51. The van der Waals surface area contributed by atoms with Gasteiger partial charge >= 0.3 is 11.9 Å². The molecule has 0 spiro atoms. The molecule has 1 aliphatic rings. The molecule has 0 aliphatic carbocycles. The Bertz CT molecular complexity index is 656. The quantitative estimate of drug-likeness (QED) is 0.663. The second-order valence-electron chi connectivity index (χ2n) is 8.07. The fourth-order valence-corrected chi connectivity index (χ4v) is 4.06. The number of esters is 2. The average molecular weight is 392 g/mol. The lowest BCUT2D eigenvalue weighted by molar-refractivity contribution is -0.221. The van der Waals surface area contributed by atoms with Crippen LogP contribution in [-0.4, -0.2) is 44.5 Å². The van der Waals surface area contributed by atoms with Crippen LogP contribution >= 0.6 is 0 Å². The summed E-state index contributed by atoms with van der Waals surface area (Å²) >= 11 is 0.